The van der Waals surface area contributed by atoms with Gasteiger partial charge in [0.15, 0.2) is 5.16 Å². The molecule has 0 amide bonds. The number of ether oxygens (including phenoxy) is 1. The Hall–Kier alpha value is -1.64. The van der Waals surface area contributed by atoms with Crippen molar-refractivity contribution in [3.8, 4) is 15.4 Å². The van der Waals surface area contributed by atoms with Crippen molar-refractivity contribution in [3.05, 3.63) is 47.2 Å². The Morgan fingerprint density at radius 3 is 2.91 bits per heavy atom. The summed E-state index contributed by atoms with van der Waals surface area (Å²) in [6, 6.07) is 12.2. The number of hydrogen-bond donors (Lipinski definition) is 0. The molecular formula is C15H12BrN3O2S2. The molecule has 0 aliphatic carbocycles. The van der Waals surface area contributed by atoms with Crippen LogP contribution < -0.4 is 0 Å². The lowest BCUT2D eigenvalue weighted by atomic mass is 10.2. The standard InChI is InChI=1S/C15H12BrN3O2S2/c1-21-13(20)8-22-15-18-17-9-19(15)12-7-11(16)14(23-12)10-5-3-2-4-6-10/h2-7,9H,8H2,1H3. The molecule has 0 radical (unpaired) electrons. The highest BCUT2D eigenvalue weighted by molar-refractivity contribution is 9.10. The van der Waals surface area contributed by atoms with Gasteiger partial charge in [-0.1, -0.05) is 42.1 Å². The topological polar surface area (TPSA) is 57.0 Å². The van der Waals surface area contributed by atoms with Crippen molar-refractivity contribution in [2.45, 2.75) is 5.16 Å². The van der Waals surface area contributed by atoms with Gasteiger partial charge < -0.3 is 4.74 Å². The van der Waals surface area contributed by atoms with Gasteiger partial charge >= 0.3 is 5.97 Å². The molecule has 0 unspecified atom stereocenters. The summed E-state index contributed by atoms with van der Waals surface area (Å²) in [6.45, 7) is 0. The molecule has 3 rings (SSSR count). The van der Waals surface area contributed by atoms with Crippen LogP contribution in [-0.4, -0.2) is 33.6 Å². The molecule has 0 aliphatic heterocycles. The molecule has 1 aromatic carbocycles. The number of nitrogens with zero attached hydrogens (tertiary/aromatic N) is 3. The van der Waals surface area contributed by atoms with Crippen molar-refractivity contribution >= 4 is 45.0 Å². The molecule has 118 valence electrons. The number of thiophene rings is 1. The third-order valence-corrected chi connectivity index (χ3v) is 6.00. The number of methoxy groups -OCH3 is 1. The fourth-order valence-corrected chi connectivity index (χ4v) is 4.60. The first-order chi connectivity index (χ1) is 11.2. The monoisotopic (exact) mass is 409 g/mol. The molecule has 23 heavy (non-hydrogen) atoms. The van der Waals surface area contributed by atoms with Crippen LogP contribution in [0, 0.1) is 0 Å². The summed E-state index contributed by atoms with van der Waals surface area (Å²) in [5, 5.41) is 9.65. The van der Waals surface area contributed by atoms with Crippen LogP contribution in [-0.2, 0) is 9.53 Å². The minimum absolute atomic E-state index is 0.202. The molecule has 0 fully saturated rings. The Labute approximate surface area is 149 Å². The van der Waals surface area contributed by atoms with Gasteiger partial charge in [0.05, 0.1) is 17.7 Å². The van der Waals surface area contributed by atoms with E-state index in [0.717, 1.165) is 19.9 Å². The second-order valence-electron chi connectivity index (χ2n) is 4.48. The smallest absolute Gasteiger partial charge is 0.316 e. The lowest BCUT2D eigenvalue weighted by Gasteiger charge is -2.02. The SMILES string of the molecule is COC(=O)CSc1nncn1-c1cc(Br)c(-c2ccccc2)s1. The number of carbonyl (C=O) groups is 1. The molecule has 2 heterocycles. The zero-order valence-electron chi connectivity index (χ0n) is 12.1. The number of esters is 1. The maximum atomic E-state index is 11.3. The number of aromatic nitrogens is 3. The normalized spacial score (nSPS) is 10.7. The van der Waals surface area contributed by atoms with Crippen molar-refractivity contribution in [3.63, 3.8) is 0 Å². The predicted molar refractivity (Wildman–Crippen MR) is 95.1 cm³/mol. The van der Waals surface area contributed by atoms with Gasteiger partial charge in [0, 0.05) is 4.47 Å². The van der Waals surface area contributed by atoms with E-state index in [1.807, 2.05) is 28.8 Å². The van der Waals surface area contributed by atoms with Crippen LogP contribution in [0.25, 0.3) is 15.4 Å². The molecule has 0 bridgehead atoms. The van der Waals surface area contributed by atoms with Gasteiger partial charge in [-0.2, -0.15) is 0 Å². The Morgan fingerprint density at radius 2 is 2.17 bits per heavy atom. The Balaban J connectivity index is 1.89. The summed E-state index contributed by atoms with van der Waals surface area (Å²) < 4.78 is 7.54. The van der Waals surface area contributed by atoms with Crippen molar-refractivity contribution < 1.29 is 9.53 Å². The number of benzene rings is 1. The summed E-state index contributed by atoms with van der Waals surface area (Å²) in [7, 11) is 1.37. The van der Waals surface area contributed by atoms with Gasteiger partial charge in [-0.15, -0.1) is 21.5 Å². The predicted octanol–water partition coefficient (Wildman–Crippen LogP) is 4.02. The van der Waals surface area contributed by atoms with E-state index in [0.29, 0.717) is 5.16 Å². The first-order valence-corrected chi connectivity index (χ1v) is 9.23. The Kier molecular flexibility index (Phi) is 5.14. The highest BCUT2D eigenvalue weighted by Crippen LogP contribution is 2.39. The summed E-state index contributed by atoms with van der Waals surface area (Å²) in [4.78, 5) is 12.4. The summed E-state index contributed by atoms with van der Waals surface area (Å²) >= 11 is 6.54. The van der Waals surface area contributed by atoms with Crippen LogP contribution in [0.5, 0.6) is 0 Å². The van der Waals surface area contributed by atoms with E-state index in [-0.39, 0.29) is 11.7 Å². The second kappa shape index (κ2) is 7.29. The highest BCUT2D eigenvalue weighted by Gasteiger charge is 2.15. The minimum atomic E-state index is -0.290. The van der Waals surface area contributed by atoms with Gasteiger partial charge in [0.1, 0.15) is 11.3 Å². The van der Waals surface area contributed by atoms with Crippen LogP contribution in [0.2, 0.25) is 0 Å². The van der Waals surface area contributed by atoms with Crippen LogP contribution >= 0.6 is 39.0 Å². The summed E-state index contributed by atoms with van der Waals surface area (Å²) in [5.41, 5.74) is 1.15. The molecule has 0 aliphatic rings. The quantitative estimate of drug-likeness (QED) is 0.470. The third-order valence-electron chi connectivity index (χ3n) is 3.01. The fraction of sp³-hybridized carbons (Fsp3) is 0.133. The zero-order chi connectivity index (χ0) is 16.2. The van der Waals surface area contributed by atoms with Crippen molar-refractivity contribution in [2.24, 2.45) is 0 Å². The molecule has 0 saturated heterocycles. The van der Waals surface area contributed by atoms with E-state index in [1.165, 1.54) is 18.9 Å². The van der Waals surface area contributed by atoms with Crippen LogP contribution in [0.3, 0.4) is 0 Å². The van der Waals surface area contributed by atoms with Crippen LogP contribution in [0.1, 0.15) is 0 Å². The molecule has 3 aromatic rings. The van der Waals surface area contributed by atoms with Gasteiger partial charge in [0.25, 0.3) is 0 Å². The van der Waals surface area contributed by atoms with Crippen LogP contribution in [0.4, 0.5) is 0 Å². The van der Waals surface area contributed by atoms with E-state index >= 15 is 0 Å². The maximum Gasteiger partial charge on any atom is 0.316 e. The van der Waals surface area contributed by atoms with E-state index in [9.17, 15) is 4.79 Å². The number of halogens is 1. The molecule has 8 heteroatoms. The number of carbonyl (C=O) groups excluding carboxylic acids is 1. The number of hydrogen-bond acceptors (Lipinski definition) is 6. The Morgan fingerprint density at radius 1 is 1.39 bits per heavy atom. The Bertz CT molecular complexity index is 817. The molecule has 0 saturated carbocycles. The molecule has 2 aromatic heterocycles. The zero-order valence-corrected chi connectivity index (χ0v) is 15.3. The van der Waals surface area contributed by atoms with Crippen molar-refractivity contribution in [1.82, 2.24) is 14.8 Å². The fourth-order valence-electron chi connectivity index (χ4n) is 1.92. The largest absolute Gasteiger partial charge is 0.468 e. The molecule has 0 atom stereocenters. The summed E-state index contributed by atoms with van der Waals surface area (Å²) in [6.07, 6.45) is 1.65. The number of rotatable bonds is 5. The third kappa shape index (κ3) is 3.65. The summed E-state index contributed by atoms with van der Waals surface area (Å²) in [5.74, 6) is -0.0883. The van der Waals surface area contributed by atoms with Crippen molar-refractivity contribution in [1.29, 1.82) is 0 Å². The lowest BCUT2D eigenvalue weighted by Crippen LogP contribution is -2.04. The van der Waals surface area contributed by atoms with E-state index in [4.69, 9.17) is 0 Å². The van der Waals surface area contributed by atoms with Gasteiger partial charge in [-0.25, -0.2) is 0 Å². The van der Waals surface area contributed by atoms with E-state index in [2.05, 4.69) is 43.0 Å². The molecule has 0 spiro atoms. The average Bonchev–Trinajstić information content (AvgIpc) is 3.19. The minimum Gasteiger partial charge on any atom is -0.468 e. The van der Waals surface area contributed by atoms with E-state index in [1.54, 1.807) is 17.7 Å². The maximum absolute atomic E-state index is 11.3. The molecule has 0 N–H and O–H groups in total. The average molecular weight is 410 g/mol. The molecular weight excluding hydrogens is 398 g/mol. The van der Waals surface area contributed by atoms with Gasteiger partial charge in [0.2, 0.25) is 0 Å². The first-order valence-electron chi connectivity index (χ1n) is 6.64. The first kappa shape index (κ1) is 16.2. The van der Waals surface area contributed by atoms with Crippen molar-refractivity contribution in [2.75, 3.05) is 12.9 Å². The number of thioether (sulfide) groups is 1. The second-order valence-corrected chi connectivity index (χ2v) is 7.30. The van der Waals surface area contributed by atoms with Gasteiger partial charge in [-0.05, 0) is 27.6 Å². The lowest BCUT2D eigenvalue weighted by molar-refractivity contribution is -0.137. The molecule has 5 nitrogen and oxygen atoms in total. The van der Waals surface area contributed by atoms with E-state index < -0.39 is 0 Å². The van der Waals surface area contributed by atoms with Crippen LogP contribution in [0.15, 0.2) is 52.4 Å². The highest BCUT2D eigenvalue weighted by atomic mass is 79.9. The van der Waals surface area contributed by atoms with Gasteiger partial charge in [-0.3, -0.25) is 9.36 Å².